The van der Waals surface area contributed by atoms with Crippen molar-refractivity contribution in [3.05, 3.63) is 30.9 Å². The second-order valence-electron chi connectivity index (χ2n) is 9.28. The number of piperazine rings is 1. The molecule has 3 fully saturated rings. The Bertz CT molecular complexity index is 973. The molecule has 0 radical (unpaired) electrons. The molecule has 2 saturated heterocycles. The number of ether oxygens (including phenoxy) is 2. The molecule has 33 heavy (non-hydrogen) atoms. The highest BCUT2D eigenvalue weighted by atomic mass is 16.6. The molecule has 0 unspecified atom stereocenters. The molecule has 1 saturated carbocycles. The fourth-order valence-corrected chi connectivity index (χ4v) is 5.69. The van der Waals surface area contributed by atoms with E-state index in [4.69, 9.17) is 14.5 Å². The normalized spacial score (nSPS) is 22.3. The Morgan fingerprint density at radius 2 is 1.97 bits per heavy atom. The van der Waals surface area contributed by atoms with Crippen molar-refractivity contribution in [1.82, 2.24) is 24.8 Å². The van der Waals surface area contributed by atoms with Gasteiger partial charge in [-0.15, -0.1) is 0 Å². The molecule has 4 heterocycles. The standard InChI is InChI=1S/C24H32N6O3/c1-3-33-23(31)30-16-24(17-30)6-4-18(14-24)28-10-12-29(13-11-28)22-21(19-15-25-8-9-26-19)20(32-2)5-7-27-22/h5,7-9,15,18H,3-4,6,10-14,16-17H2,1-2H3/t18-/m1/s1. The molecular weight excluding hydrogens is 420 g/mol. The summed E-state index contributed by atoms with van der Waals surface area (Å²) in [5.41, 5.74) is 1.96. The summed E-state index contributed by atoms with van der Waals surface area (Å²) >= 11 is 0. The summed E-state index contributed by atoms with van der Waals surface area (Å²) in [6, 6.07) is 2.47. The van der Waals surface area contributed by atoms with Crippen molar-refractivity contribution >= 4 is 11.9 Å². The first kappa shape index (κ1) is 21.9. The van der Waals surface area contributed by atoms with Gasteiger partial charge < -0.3 is 19.3 Å². The van der Waals surface area contributed by atoms with Crippen LogP contribution in [0.25, 0.3) is 11.3 Å². The predicted octanol–water partition coefficient (Wildman–Crippen LogP) is 2.68. The van der Waals surface area contributed by atoms with Crippen molar-refractivity contribution in [3.8, 4) is 17.0 Å². The van der Waals surface area contributed by atoms with Crippen molar-refractivity contribution in [1.29, 1.82) is 0 Å². The summed E-state index contributed by atoms with van der Waals surface area (Å²) in [4.78, 5) is 32.2. The van der Waals surface area contributed by atoms with Crippen molar-refractivity contribution in [2.45, 2.75) is 32.2 Å². The Balaban J connectivity index is 1.22. The maximum Gasteiger partial charge on any atom is 0.409 e. The van der Waals surface area contributed by atoms with Crippen LogP contribution in [0.5, 0.6) is 5.75 Å². The van der Waals surface area contributed by atoms with Crippen molar-refractivity contribution < 1.29 is 14.3 Å². The summed E-state index contributed by atoms with van der Waals surface area (Å²) < 4.78 is 10.8. The number of carbonyl (C=O) groups is 1. The molecule has 2 aromatic rings. The lowest BCUT2D eigenvalue weighted by Crippen LogP contribution is -2.58. The quantitative estimate of drug-likeness (QED) is 0.685. The number of hydrogen-bond donors (Lipinski definition) is 0. The second-order valence-corrected chi connectivity index (χ2v) is 9.28. The minimum absolute atomic E-state index is 0.162. The fourth-order valence-electron chi connectivity index (χ4n) is 5.69. The van der Waals surface area contributed by atoms with E-state index in [2.05, 4.69) is 19.8 Å². The van der Waals surface area contributed by atoms with Crippen LogP contribution in [0.4, 0.5) is 10.6 Å². The summed E-state index contributed by atoms with van der Waals surface area (Å²) in [5.74, 6) is 1.67. The largest absolute Gasteiger partial charge is 0.496 e. The molecule has 3 aliphatic rings. The third kappa shape index (κ3) is 4.21. The SMILES string of the molecule is CCOC(=O)N1CC2(CC[C@@H](N3CCN(c4nccc(OC)c4-c4cnccn4)CC3)C2)C1. The highest BCUT2D eigenvalue weighted by molar-refractivity contribution is 5.79. The Morgan fingerprint density at radius 1 is 1.15 bits per heavy atom. The van der Waals surface area contributed by atoms with Gasteiger partial charge in [0.1, 0.15) is 11.6 Å². The monoisotopic (exact) mass is 452 g/mol. The lowest BCUT2D eigenvalue weighted by atomic mass is 9.78. The van der Waals surface area contributed by atoms with Gasteiger partial charge in [0.25, 0.3) is 0 Å². The van der Waals surface area contributed by atoms with E-state index in [1.807, 2.05) is 17.9 Å². The van der Waals surface area contributed by atoms with Gasteiger partial charge in [-0.25, -0.2) is 9.78 Å². The third-order valence-corrected chi connectivity index (χ3v) is 7.32. The van der Waals surface area contributed by atoms with E-state index in [1.54, 1.807) is 31.9 Å². The number of amides is 1. The number of likely N-dealkylation sites (tertiary alicyclic amines) is 1. The number of aromatic nitrogens is 3. The summed E-state index contributed by atoms with van der Waals surface area (Å²) in [6.07, 6.45) is 10.3. The lowest BCUT2D eigenvalue weighted by Gasteiger charge is -2.48. The van der Waals surface area contributed by atoms with E-state index < -0.39 is 0 Å². The molecule has 9 heteroatoms. The second kappa shape index (κ2) is 9.13. The first-order valence-corrected chi connectivity index (χ1v) is 11.8. The van der Waals surface area contributed by atoms with Gasteiger partial charge in [-0.1, -0.05) is 0 Å². The molecule has 176 valence electrons. The zero-order valence-corrected chi connectivity index (χ0v) is 19.4. The molecule has 0 bridgehead atoms. The predicted molar refractivity (Wildman–Crippen MR) is 124 cm³/mol. The number of nitrogens with zero attached hydrogens (tertiary/aromatic N) is 6. The Labute approximate surface area is 194 Å². The number of carbonyl (C=O) groups excluding carboxylic acids is 1. The number of anilines is 1. The van der Waals surface area contributed by atoms with Gasteiger partial charge >= 0.3 is 6.09 Å². The fraction of sp³-hybridized carbons (Fsp3) is 0.583. The number of pyridine rings is 1. The zero-order chi connectivity index (χ0) is 22.8. The van der Waals surface area contributed by atoms with E-state index in [9.17, 15) is 4.79 Å². The van der Waals surface area contributed by atoms with Gasteiger partial charge in [-0.05, 0) is 32.3 Å². The smallest absolute Gasteiger partial charge is 0.409 e. The molecule has 1 spiro atoms. The van der Waals surface area contributed by atoms with Crippen LogP contribution in [-0.2, 0) is 4.74 Å². The van der Waals surface area contributed by atoms with E-state index in [-0.39, 0.29) is 6.09 Å². The van der Waals surface area contributed by atoms with Crippen LogP contribution in [0.2, 0.25) is 0 Å². The van der Waals surface area contributed by atoms with Crippen molar-refractivity contribution in [2.75, 3.05) is 57.9 Å². The average Bonchev–Trinajstić information content (AvgIpc) is 3.29. The molecule has 1 atom stereocenters. The molecule has 0 N–H and O–H groups in total. The zero-order valence-electron chi connectivity index (χ0n) is 19.4. The molecule has 0 aromatic carbocycles. The molecular formula is C24H32N6O3. The summed E-state index contributed by atoms with van der Waals surface area (Å²) in [7, 11) is 1.68. The molecule has 2 aliphatic heterocycles. The minimum atomic E-state index is -0.162. The van der Waals surface area contributed by atoms with Gasteiger partial charge in [-0.2, -0.15) is 0 Å². The molecule has 9 nitrogen and oxygen atoms in total. The maximum atomic E-state index is 12.0. The van der Waals surface area contributed by atoms with Crippen LogP contribution in [-0.4, -0.2) is 89.9 Å². The van der Waals surface area contributed by atoms with Gasteiger partial charge in [0, 0.05) is 69.3 Å². The lowest BCUT2D eigenvalue weighted by molar-refractivity contribution is -0.00294. The van der Waals surface area contributed by atoms with Crippen LogP contribution >= 0.6 is 0 Å². The number of hydrogen-bond acceptors (Lipinski definition) is 8. The van der Waals surface area contributed by atoms with Crippen LogP contribution in [0.1, 0.15) is 26.2 Å². The van der Waals surface area contributed by atoms with E-state index in [0.29, 0.717) is 18.1 Å². The number of methoxy groups -OCH3 is 1. The van der Waals surface area contributed by atoms with Crippen LogP contribution in [0.3, 0.4) is 0 Å². The van der Waals surface area contributed by atoms with Gasteiger partial charge in [0.2, 0.25) is 0 Å². The maximum absolute atomic E-state index is 12.0. The topological polar surface area (TPSA) is 83.9 Å². The molecule has 2 aromatic heterocycles. The van der Waals surface area contributed by atoms with Gasteiger partial charge in [-0.3, -0.25) is 14.9 Å². The first-order chi connectivity index (χ1) is 16.1. The summed E-state index contributed by atoms with van der Waals surface area (Å²) in [5, 5.41) is 0. The van der Waals surface area contributed by atoms with E-state index in [0.717, 1.165) is 62.1 Å². The highest BCUT2D eigenvalue weighted by Crippen LogP contribution is 2.47. The molecule has 5 rings (SSSR count). The van der Waals surface area contributed by atoms with E-state index >= 15 is 0 Å². The average molecular weight is 453 g/mol. The first-order valence-electron chi connectivity index (χ1n) is 11.8. The van der Waals surface area contributed by atoms with Crippen molar-refractivity contribution in [2.24, 2.45) is 5.41 Å². The third-order valence-electron chi connectivity index (χ3n) is 7.32. The molecule has 1 amide bonds. The Kier molecular flexibility index (Phi) is 6.05. The van der Waals surface area contributed by atoms with Crippen LogP contribution < -0.4 is 9.64 Å². The van der Waals surface area contributed by atoms with Crippen molar-refractivity contribution in [3.63, 3.8) is 0 Å². The Morgan fingerprint density at radius 3 is 2.67 bits per heavy atom. The minimum Gasteiger partial charge on any atom is -0.496 e. The Hall–Kier alpha value is -2.94. The van der Waals surface area contributed by atoms with Gasteiger partial charge in [0.15, 0.2) is 0 Å². The molecule has 1 aliphatic carbocycles. The van der Waals surface area contributed by atoms with Crippen LogP contribution in [0.15, 0.2) is 30.9 Å². The van der Waals surface area contributed by atoms with Crippen LogP contribution in [0, 0.1) is 5.41 Å². The summed E-state index contributed by atoms with van der Waals surface area (Å²) in [6.45, 7) is 7.81. The van der Waals surface area contributed by atoms with Gasteiger partial charge in [0.05, 0.1) is 31.2 Å². The number of rotatable bonds is 5. The van der Waals surface area contributed by atoms with E-state index in [1.165, 1.54) is 19.3 Å². The highest BCUT2D eigenvalue weighted by Gasteiger charge is 2.51.